The van der Waals surface area contributed by atoms with Crippen LogP contribution in [-0.2, 0) is 11.2 Å². The number of carbonyl (C=O) groups excluding carboxylic acids is 1. The lowest BCUT2D eigenvalue weighted by Gasteiger charge is -1.94. The molecule has 0 saturated heterocycles. The monoisotopic (exact) mass is 175 g/mol. The van der Waals surface area contributed by atoms with Gasteiger partial charge in [0.2, 0.25) is 0 Å². The van der Waals surface area contributed by atoms with E-state index >= 15 is 0 Å². The molecule has 0 aliphatic rings. The largest absolute Gasteiger partial charge is 0.495 e. The molecule has 0 unspecified atom stereocenters. The van der Waals surface area contributed by atoms with Crippen LogP contribution in [0.3, 0.4) is 0 Å². The van der Waals surface area contributed by atoms with Gasteiger partial charge < -0.3 is 14.9 Å². The van der Waals surface area contributed by atoms with Gasteiger partial charge in [0.25, 0.3) is 0 Å². The highest BCUT2D eigenvalue weighted by atomic mass is 16.3. The Morgan fingerprint density at radius 2 is 2.23 bits per heavy atom. The molecule has 13 heavy (non-hydrogen) atoms. The summed E-state index contributed by atoms with van der Waals surface area (Å²) in [5.74, 6) is 0.151. The van der Waals surface area contributed by atoms with Crippen molar-refractivity contribution < 1.29 is 9.90 Å². The number of aromatic nitrogens is 1. The summed E-state index contributed by atoms with van der Waals surface area (Å²) in [5, 5.41) is 10.1. The third-order valence-corrected chi connectivity index (χ3v) is 1.99. The summed E-state index contributed by atoms with van der Waals surface area (Å²) in [7, 11) is 0. The Bertz CT molecular complexity index is 445. The van der Waals surface area contributed by atoms with Gasteiger partial charge in [-0.1, -0.05) is 6.07 Å². The number of aromatic hydroxyl groups is 1. The van der Waals surface area contributed by atoms with E-state index in [2.05, 4.69) is 4.98 Å². The van der Waals surface area contributed by atoms with Crippen LogP contribution in [0.15, 0.2) is 24.3 Å². The second kappa shape index (κ2) is 2.94. The van der Waals surface area contributed by atoms with Crippen molar-refractivity contribution >= 4 is 17.2 Å². The molecule has 0 aliphatic heterocycles. The van der Waals surface area contributed by atoms with Crippen molar-refractivity contribution in [3.05, 3.63) is 29.8 Å². The van der Waals surface area contributed by atoms with E-state index < -0.39 is 0 Å². The Hall–Kier alpha value is -1.77. The highest BCUT2D eigenvalue weighted by Crippen LogP contribution is 2.20. The molecule has 0 amide bonds. The first-order valence-corrected chi connectivity index (χ1v) is 4.04. The maximum atomic E-state index is 10.3. The van der Waals surface area contributed by atoms with Crippen LogP contribution in [0, 0.1) is 0 Å². The summed E-state index contributed by atoms with van der Waals surface area (Å²) in [6.07, 6.45) is 1.29. The lowest BCUT2D eigenvalue weighted by Crippen LogP contribution is -1.83. The van der Waals surface area contributed by atoms with Crippen molar-refractivity contribution in [3.63, 3.8) is 0 Å². The van der Waals surface area contributed by atoms with Gasteiger partial charge in [-0.15, -0.1) is 0 Å². The van der Waals surface area contributed by atoms with Gasteiger partial charge in [-0.25, -0.2) is 0 Å². The zero-order chi connectivity index (χ0) is 9.26. The van der Waals surface area contributed by atoms with Crippen LogP contribution >= 0.6 is 0 Å². The van der Waals surface area contributed by atoms with Crippen molar-refractivity contribution in [1.82, 2.24) is 4.98 Å². The summed E-state index contributed by atoms with van der Waals surface area (Å²) in [6, 6.07) is 7.25. The van der Waals surface area contributed by atoms with Crippen molar-refractivity contribution in [2.24, 2.45) is 0 Å². The minimum absolute atomic E-state index is 0.151. The van der Waals surface area contributed by atoms with Crippen molar-refractivity contribution in [2.75, 3.05) is 0 Å². The van der Waals surface area contributed by atoms with E-state index in [1.165, 1.54) is 0 Å². The average Bonchev–Trinajstić information content (AvgIpc) is 2.44. The van der Waals surface area contributed by atoms with Crippen LogP contribution in [0.4, 0.5) is 0 Å². The van der Waals surface area contributed by atoms with Gasteiger partial charge in [-0.05, 0) is 17.7 Å². The number of H-pyrrole nitrogens is 1. The van der Waals surface area contributed by atoms with E-state index in [1.807, 2.05) is 18.2 Å². The van der Waals surface area contributed by atoms with Crippen LogP contribution in [-0.4, -0.2) is 16.4 Å². The molecule has 0 radical (unpaired) electrons. The fourth-order valence-corrected chi connectivity index (χ4v) is 1.39. The number of aromatic amines is 1. The molecular formula is C10H9NO2. The molecule has 3 heteroatoms. The maximum absolute atomic E-state index is 10.3. The number of benzene rings is 1. The number of aldehydes is 1. The molecule has 1 aromatic carbocycles. The third kappa shape index (κ3) is 1.40. The highest BCUT2D eigenvalue weighted by Gasteiger charge is 1.99. The molecular weight excluding hydrogens is 166 g/mol. The van der Waals surface area contributed by atoms with E-state index in [0.717, 1.165) is 22.8 Å². The van der Waals surface area contributed by atoms with E-state index in [4.69, 9.17) is 5.11 Å². The molecule has 1 aromatic heterocycles. The number of fused-ring (bicyclic) bond motifs is 1. The summed E-state index contributed by atoms with van der Waals surface area (Å²) >= 11 is 0. The molecule has 66 valence electrons. The molecule has 0 fully saturated rings. The molecule has 0 spiro atoms. The van der Waals surface area contributed by atoms with Gasteiger partial charge in [0.1, 0.15) is 6.29 Å². The molecule has 2 N–H and O–H groups in total. The van der Waals surface area contributed by atoms with Crippen LogP contribution in [0.2, 0.25) is 0 Å². The fraction of sp³-hybridized carbons (Fsp3) is 0.100. The molecule has 0 saturated carbocycles. The molecule has 0 aliphatic carbocycles. The zero-order valence-electron chi connectivity index (χ0n) is 6.95. The van der Waals surface area contributed by atoms with E-state index in [0.29, 0.717) is 6.42 Å². The summed E-state index contributed by atoms with van der Waals surface area (Å²) < 4.78 is 0. The Labute approximate surface area is 75.0 Å². The molecule has 0 atom stereocenters. The van der Waals surface area contributed by atoms with Gasteiger partial charge in [-0.2, -0.15) is 0 Å². The predicted molar refractivity (Wildman–Crippen MR) is 49.7 cm³/mol. The molecule has 1 heterocycles. The van der Waals surface area contributed by atoms with Crippen LogP contribution in [0.25, 0.3) is 10.9 Å². The lowest BCUT2D eigenvalue weighted by molar-refractivity contribution is -0.107. The zero-order valence-corrected chi connectivity index (χ0v) is 6.95. The van der Waals surface area contributed by atoms with E-state index in [-0.39, 0.29) is 5.88 Å². The van der Waals surface area contributed by atoms with Crippen LogP contribution in [0.1, 0.15) is 5.56 Å². The van der Waals surface area contributed by atoms with E-state index in [1.54, 1.807) is 6.07 Å². The number of hydrogen-bond acceptors (Lipinski definition) is 2. The average molecular weight is 175 g/mol. The van der Waals surface area contributed by atoms with E-state index in [9.17, 15) is 4.79 Å². The molecule has 2 aromatic rings. The maximum Gasteiger partial charge on any atom is 0.189 e. The standard InChI is InChI=1S/C10H9NO2/c12-4-3-7-1-2-9-8(5-7)6-10(13)11-9/h1-2,4-6,11,13H,3H2. The minimum atomic E-state index is 0.151. The smallest absolute Gasteiger partial charge is 0.189 e. The number of nitrogens with one attached hydrogen (secondary N) is 1. The topological polar surface area (TPSA) is 53.1 Å². The van der Waals surface area contributed by atoms with Crippen molar-refractivity contribution in [3.8, 4) is 5.88 Å². The van der Waals surface area contributed by atoms with Gasteiger partial charge in [0.15, 0.2) is 5.88 Å². The third-order valence-electron chi connectivity index (χ3n) is 1.99. The first-order chi connectivity index (χ1) is 6.29. The van der Waals surface area contributed by atoms with Gasteiger partial charge in [0, 0.05) is 23.4 Å². The second-order valence-electron chi connectivity index (χ2n) is 2.95. The summed E-state index contributed by atoms with van der Waals surface area (Å²) in [5.41, 5.74) is 1.84. The molecule has 3 nitrogen and oxygen atoms in total. The summed E-state index contributed by atoms with van der Waals surface area (Å²) in [6.45, 7) is 0. The van der Waals surface area contributed by atoms with Crippen molar-refractivity contribution in [2.45, 2.75) is 6.42 Å². The normalized spacial score (nSPS) is 10.5. The SMILES string of the molecule is O=CCc1ccc2[nH]c(O)cc2c1. The Kier molecular flexibility index (Phi) is 1.77. The number of rotatable bonds is 2. The van der Waals surface area contributed by atoms with Gasteiger partial charge in [0.05, 0.1) is 0 Å². The molecule has 2 rings (SSSR count). The second-order valence-corrected chi connectivity index (χ2v) is 2.95. The minimum Gasteiger partial charge on any atom is -0.495 e. The number of hydrogen-bond donors (Lipinski definition) is 2. The lowest BCUT2D eigenvalue weighted by atomic mass is 10.1. The fourth-order valence-electron chi connectivity index (χ4n) is 1.39. The van der Waals surface area contributed by atoms with Crippen LogP contribution in [0.5, 0.6) is 5.88 Å². The quantitative estimate of drug-likeness (QED) is 0.681. The Morgan fingerprint density at radius 3 is 3.00 bits per heavy atom. The first kappa shape index (κ1) is 7.86. The van der Waals surface area contributed by atoms with Gasteiger partial charge >= 0.3 is 0 Å². The Morgan fingerprint density at radius 1 is 1.38 bits per heavy atom. The first-order valence-electron chi connectivity index (χ1n) is 4.04. The van der Waals surface area contributed by atoms with Crippen LogP contribution < -0.4 is 0 Å². The summed E-state index contributed by atoms with van der Waals surface area (Å²) in [4.78, 5) is 13.1. The van der Waals surface area contributed by atoms with Gasteiger partial charge in [-0.3, -0.25) is 0 Å². The van der Waals surface area contributed by atoms with Crippen molar-refractivity contribution in [1.29, 1.82) is 0 Å². The number of carbonyl (C=O) groups is 1. The predicted octanol–water partition coefficient (Wildman–Crippen LogP) is 1.61. The Balaban J connectivity index is 2.54. The highest BCUT2D eigenvalue weighted by molar-refractivity contribution is 5.82. The molecule has 0 bridgehead atoms.